The Balaban J connectivity index is 2.69. The van der Waals surface area contributed by atoms with Crippen molar-refractivity contribution in [2.24, 2.45) is 4.99 Å². The van der Waals surface area contributed by atoms with Crippen LogP contribution in [0.25, 0.3) is 0 Å². The van der Waals surface area contributed by atoms with E-state index in [4.69, 9.17) is 4.74 Å². The lowest BCUT2D eigenvalue weighted by Gasteiger charge is -2.08. The first-order chi connectivity index (χ1) is 9.01. The summed E-state index contributed by atoms with van der Waals surface area (Å²) in [6, 6.07) is 6.94. The van der Waals surface area contributed by atoms with Gasteiger partial charge in [0.1, 0.15) is 5.75 Å². The van der Waals surface area contributed by atoms with E-state index in [1.165, 1.54) is 6.08 Å². The lowest BCUT2D eigenvalue weighted by Crippen LogP contribution is -2.08. The number of benzene rings is 1. The van der Waals surface area contributed by atoms with Crippen molar-refractivity contribution in [2.45, 2.75) is 0 Å². The third-order valence-electron chi connectivity index (χ3n) is 1.96. The molecule has 0 aliphatic rings. The smallest absolute Gasteiger partial charge is 0.247 e. The summed E-state index contributed by atoms with van der Waals surface area (Å²) in [5.41, 5.74) is 0.617. The lowest BCUT2D eigenvalue weighted by molar-refractivity contribution is -0.111. The molecule has 0 aliphatic heterocycles. The molecular weight excluding hydrogens is 242 g/mol. The highest BCUT2D eigenvalue weighted by molar-refractivity contribution is 5.98. The highest BCUT2D eigenvalue weighted by Gasteiger charge is 2.01. The van der Waals surface area contributed by atoms with Crippen molar-refractivity contribution < 1.29 is 9.53 Å². The maximum atomic E-state index is 11.2. The van der Waals surface area contributed by atoms with Crippen molar-refractivity contribution in [3.05, 3.63) is 49.4 Å². The van der Waals surface area contributed by atoms with Gasteiger partial charge in [-0.2, -0.15) is 0 Å². The number of nitrogens with zero attached hydrogens (tertiary/aromatic N) is 2. The number of aliphatic imine (C=N–C) groups is 1. The fraction of sp³-hybridized carbons (Fsp3) is 0.143. The topological polar surface area (TPSA) is 53.9 Å². The predicted octanol–water partition coefficient (Wildman–Crippen LogP) is 2.25. The average molecular weight is 259 g/mol. The minimum absolute atomic E-state index is 0.265. The molecule has 0 atom stereocenters. The highest BCUT2D eigenvalue weighted by atomic mass is 16.5. The Kier molecular flexibility index (Phi) is 5.35. The van der Waals surface area contributed by atoms with Crippen molar-refractivity contribution in [3.8, 4) is 5.75 Å². The van der Waals surface area contributed by atoms with Gasteiger partial charge in [-0.25, -0.2) is 4.99 Å². The number of rotatable bonds is 6. The summed E-state index contributed by atoms with van der Waals surface area (Å²) in [5.74, 6) is 0.533. The summed E-state index contributed by atoms with van der Waals surface area (Å²) in [6.45, 7) is 7.07. The molecular formula is C14H17N3O2. The summed E-state index contributed by atoms with van der Waals surface area (Å²) in [4.78, 5) is 17.0. The van der Waals surface area contributed by atoms with Gasteiger partial charge in [0.15, 0.2) is 0 Å². The fourth-order valence-corrected chi connectivity index (χ4v) is 1.17. The van der Waals surface area contributed by atoms with E-state index in [0.717, 1.165) is 0 Å². The largest absolute Gasteiger partial charge is 0.440 e. The van der Waals surface area contributed by atoms with E-state index in [9.17, 15) is 4.79 Å². The number of carbonyl (C=O) groups is 1. The summed E-state index contributed by atoms with van der Waals surface area (Å²) in [5, 5.41) is 2.64. The van der Waals surface area contributed by atoms with Crippen LogP contribution >= 0.6 is 0 Å². The summed E-state index contributed by atoms with van der Waals surface area (Å²) in [6.07, 6.45) is 2.79. The molecule has 100 valence electrons. The minimum Gasteiger partial charge on any atom is -0.440 e. The Bertz CT molecular complexity index is 507. The lowest BCUT2D eigenvalue weighted by atomic mass is 10.3. The molecule has 1 rings (SSSR count). The molecule has 0 aromatic heterocycles. The second kappa shape index (κ2) is 7.00. The van der Waals surface area contributed by atoms with Crippen LogP contribution in [-0.2, 0) is 4.79 Å². The fourth-order valence-electron chi connectivity index (χ4n) is 1.17. The summed E-state index contributed by atoms with van der Waals surface area (Å²) < 4.78 is 5.42. The van der Waals surface area contributed by atoms with E-state index in [1.54, 1.807) is 35.5 Å². The summed E-state index contributed by atoms with van der Waals surface area (Å²) >= 11 is 0. The first kappa shape index (κ1) is 14.5. The molecule has 0 fully saturated rings. The molecule has 1 aromatic rings. The van der Waals surface area contributed by atoms with Gasteiger partial charge in [0.2, 0.25) is 11.8 Å². The molecule has 0 unspecified atom stereocenters. The van der Waals surface area contributed by atoms with E-state index < -0.39 is 0 Å². The normalized spacial score (nSPS) is 10.0. The zero-order valence-corrected chi connectivity index (χ0v) is 11.1. The van der Waals surface area contributed by atoms with Gasteiger partial charge in [-0.1, -0.05) is 12.6 Å². The van der Waals surface area contributed by atoms with E-state index in [-0.39, 0.29) is 11.8 Å². The van der Waals surface area contributed by atoms with Crippen molar-refractivity contribution >= 4 is 17.9 Å². The molecule has 19 heavy (non-hydrogen) atoms. The molecule has 0 heterocycles. The minimum atomic E-state index is -0.276. The van der Waals surface area contributed by atoms with E-state index in [1.807, 2.05) is 14.1 Å². The number of amides is 1. The van der Waals surface area contributed by atoms with Crippen molar-refractivity contribution in [2.75, 3.05) is 19.4 Å². The van der Waals surface area contributed by atoms with Gasteiger partial charge < -0.3 is 15.0 Å². The van der Waals surface area contributed by atoms with Crippen molar-refractivity contribution in [1.82, 2.24) is 4.90 Å². The van der Waals surface area contributed by atoms with E-state index >= 15 is 0 Å². The zero-order chi connectivity index (χ0) is 14.3. The molecule has 0 bridgehead atoms. The second-order valence-electron chi connectivity index (χ2n) is 3.93. The first-order valence-electron chi connectivity index (χ1n) is 5.62. The standard InChI is InChI=1S/C14H17N3O2/c1-5-14(18)16-12-7-6-8-13(9-12)19-11(2)15-10-17(3)4/h5-10H,1-2H2,3-4H3,(H,16,18). The Labute approximate surface area is 112 Å². The number of anilines is 1. The van der Waals surface area contributed by atoms with Crippen LogP contribution < -0.4 is 10.1 Å². The zero-order valence-electron chi connectivity index (χ0n) is 11.1. The highest BCUT2D eigenvalue weighted by Crippen LogP contribution is 2.19. The van der Waals surface area contributed by atoms with Crippen molar-refractivity contribution in [3.63, 3.8) is 0 Å². The maximum absolute atomic E-state index is 11.2. The van der Waals surface area contributed by atoms with Gasteiger partial charge in [0, 0.05) is 25.8 Å². The Morgan fingerprint density at radius 1 is 1.47 bits per heavy atom. The van der Waals surface area contributed by atoms with Crippen LogP contribution in [0.4, 0.5) is 5.69 Å². The molecule has 5 nitrogen and oxygen atoms in total. The summed E-state index contributed by atoms with van der Waals surface area (Å²) in [7, 11) is 3.70. The average Bonchev–Trinajstić information content (AvgIpc) is 2.36. The van der Waals surface area contributed by atoms with Gasteiger partial charge >= 0.3 is 0 Å². The van der Waals surface area contributed by atoms with Crippen LogP contribution in [0.3, 0.4) is 0 Å². The van der Waals surface area contributed by atoms with Gasteiger partial charge in [0.05, 0.1) is 6.34 Å². The van der Waals surface area contributed by atoms with Crippen LogP contribution in [0, 0.1) is 0 Å². The Morgan fingerprint density at radius 3 is 2.84 bits per heavy atom. The van der Waals surface area contributed by atoms with Crippen LogP contribution in [0.2, 0.25) is 0 Å². The monoisotopic (exact) mass is 259 g/mol. The molecule has 5 heteroatoms. The van der Waals surface area contributed by atoms with E-state index in [2.05, 4.69) is 23.5 Å². The molecule has 1 amide bonds. The van der Waals surface area contributed by atoms with Crippen LogP contribution in [-0.4, -0.2) is 31.2 Å². The third-order valence-corrected chi connectivity index (χ3v) is 1.96. The molecule has 0 spiro atoms. The number of hydrogen-bond donors (Lipinski definition) is 1. The van der Waals surface area contributed by atoms with Crippen LogP contribution in [0.5, 0.6) is 5.75 Å². The number of nitrogens with one attached hydrogen (secondary N) is 1. The van der Waals surface area contributed by atoms with Gasteiger partial charge in [-0.05, 0) is 24.8 Å². The van der Waals surface area contributed by atoms with Crippen LogP contribution in [0.1, 0.15) is 0 Å². The molecule has 0 saturated heterocycles. The van der Waals surface area contributed by atoms with Crippen molar-refractivity contribution in [1.29, 1.82) is 0 Å². The number of carbonyl (C=O) groups excluding carboxylic acids is 1. The van der Waals surface area contributed by atoms with Gasteiger partial charge in [0.25, 0.3) is 0 Å². The first-order valence-corrected chi connectivity index (χ1v) is 5.62. The third kappa shape index (κ3) is 5.54. The molecule has 1 N–H and O–H groups in total. The van der Waals surface area contributed by atoms with E-state index in [0.29, 0.717) is 11.4 Å². The quantitative estimate of drug-likeness (QED) is 0.369. The molecule has 0 saturated carbocycles. The SMILES string of the molecule is C=CC(=O)Nc1cccc(OC(=C)N=CN(C)C)c1. The van der Waals surface area contributed by atoms with Crippen LogP contribution in [0.15, 0.2) is 54.4 Å². The Morgan fingerprint density at radius 2 is 2.21 bits per heavy atom. The van der Waals surface area contributed by atoms with Gasteiger partial charge in [-0.15, -0.1) is 0 Å². The molecule has 0 aliphatic carbocycles. The predicted molar refractivity (Wildman–Crippen MR) is 77.2 cm³/mol. The number of hydrogen-bond acceptors (Lipinski definition) is 3. The molecule has 0 radical (unpaired) electrons. The second-order valence-corrected chi connectivity index (χ2v) is 3.93. The molecule has 1 aromatic carbocycles. The Hall–Kier alpha value is -2.56. The van der Waals surface area contributed by atoms with Gasteiger partial charge in [-0.3, -0.25) is 4.79 Å². The number of ether oxygens (including phenoxy) is 1. The maximum Gasteiger partial charge on any atom is 0.247 e.